The van der Waals surface area contributed by atoms with E-state index in [2.05, 4.69) is 4.98 Å². The van der Waals surface area contributed by atoms with E-state index in [-0.39, 0.29) is 41.4 Å². The molecule has 1 unspecified atom stereocenters. The molecule has 1 atom stereocenters. The Balaban J connectivity index is 1.82. The van der Waals surface area contributed by atoms with Crippen LogP contribution in [0.1, 0.15) is 32.3 Å². The molecular formula is C29H29N6O7+. The molecule has 2 amide bonds. The summed E-state index contributed by atoms with van der Waals surface area (Å²) in [6.07, 6.45) is 2.16. The first-order chi connectivity index (χ1) is 20.1. The fourth-order valence-corrected chi connectivity index (χ4v) is 4.99. The Kier molecular flexibility index (Phi) is 7.45. The van der Waals surface area contributed by atoms with E-state index >= 15 is 0 Å². The first kappa shape index (κ1) is 28.4. The Hall–Kier alpha value is -5.14. The third-order valence-corrected chi connectivity index (χ3v) is 6.91. The number of fused-ring (bicyclic) bond motifs is 1. The van der Waals surface area contributed by atoms with Gasteiger partial charge in [0.1, 0.15) is 11.3 Å². The van der Waals surface area contributed by atoms with Gasteiger partial charge in [-0.15, -0.1) is 10.5 Å². The molecule has 0 fully saturated rings. The molecule has 0 saturated carbocycles. The largest absolute Gasteiger partial charge is 0.482 e. The summed E-state index contributed by atoms with van der Waals surface area (Å²) in [5.41, 5.74) is -0.622. The maximum Gasteiger partial charge on any atom is 0.399 e. The fourth-order valence-electron chi connectivity index (χ4n) is 4.99. The topological polar surface area (TPSA) is 169 Å². The van der Waals surface area contributed by atoms with Crippen molar-refractivity contribution in [3.63, 3.8) is 0 Å². The van der Waals surface area contributed by atoms with Gasteiger partial charge in [0.05, 0.1) is 6.08 Å². The SMILES string of the molecule is CCCn1c(=O)c2c(nc(-c3ccc(OCC(=O)O)cc3)n2[N+]2(N)C(=O)C=C(c3ccccc3)C2=O)n(CCC)c1=O. The Morgan fingerprint density at radius 3 is 2.19 bits per heavy atom. The average Bonchev–Trinajstić information content (AvgIpc) is 3.49. The predicted molar refractivity (Wildman–Crippen MR) is 154 cm³/mol. The smallest absolute Gasteiger partial charge is 0.399 e. The van der Waals surface area contributed by atoms with Crippen molar-refractivity contribution in [2.24, 2.45) is 5.84 Å². The second-order valence-corrected chi connectivity index (χ2v) is 9.77. The third-order valence-electron chi connectivity index (χ3n) is 6.91. The summed E-state index contributed by atoms with van der Waals surface area (Å²) < 4.78 is 7.25. The summed E-state index contributed by atoms with van der Waals surface area (Å²) >= 11 is 0. The number of carboxylic acids is 1. The summed E-state index contributed by atoms with van der Waals surface area (Å²) in [5, 5.41) is 8.92. The number of imide groups is 1. The number of carbonyl (C=O) groups is 3. The van der Waals surface area contributed by atoms with Gasteiger partial charge < -0.3 is 9.84 Å². The Labute approximate surface area is 238 Å². The minimum Gasteiger partial charge on any atom is -0.482 e. The van der Waals surface area contributed by atoms with Crippen LogP contribution in [0.25, 0.3) is 28.1 Å². The van der Waals surface area contributed by atoms with Crippen molar-refractivity contribution in [2.45, 2.75) is 39.8 Å². The molecule has 5 rings (SSSR count). The minimum absolute atomic E-state index is 0.0164. The van der Waals surface area contributed by atoms with E-state index in [0.29, 0.717) is 24.0 Å². The van der Waals surface area contributed by atoms with Crippen LogP contribution in [0.5, 0.6) is 5.75 Å². The number of benzene rings is 2. The molecule has 0 spiro atoms. The van der Waals surface area contributed by atoms with Crippen LogP contribution in [0.2, 0.25) is 0 Å². The van der Waals surface area contributed by atoms with Crippen molar-refractivity contribution in [1.29, 1.82) is 0 Å². The molecule has 0 aliphatic carbocycles. The number of aromatic nitrogens is 4. The van der Waals surface area contributed by atoms with E-state index in [1.54, 1.807) is 30.3 Å². The molecule has 0 saturated heterocycles. The zero-order valence-corrected chi connectivity index (χ0v) is 23.0. The number of hydrogen-bond donors (Lipinski definition) is 2. The number of aliphatic carboxylic acids is 1. The zero-order valence-electron chi connectivity index (χ0n) is 23.0. The van der Waals surface area contributed by atoms with Crippen molar-refractivity contribution in [1.82, 2.24) is 23.5 Å². The summed E-state index contributed by atoms with van der Waals surface area (Å²) in [4.78, 5) is 70.6. The second-order valence-electron chi connectivity index (χ2n) is 9.77. The monoisotopic (exact) mass is 573 g/mol. The number of carbonyl (C=O) groups excluding carboxylic acids is 2. The highest BCUT2D eigenvalue weighted by atomic mass is 16.5. The van der Waals surface area contributed by atoms with E-state index < -0.39 is 40.3 Å². The van der Waals surface area contributed by atoms with Gasteiger partial charge in [-0.2, -0.15) is 0 Å². The normalized spacial score (nSPS) is 16.7. The third kappa shape index (κ3) is 4.54. The molecule has 13 heteroatoms. The number of nitrogens with zero attached hydrogens (tertiary/aromatic N) is 5. The maximum absolute atomic E-state index is 14.0. The Morgan fingerprint density at radius 1 is 0.929 bits per heavy atom. The van der Waals surface area contributed by atoms with Crippen molar-refractivity contribution in [3.05, 3.63) is 87.1 Å². The highest BCUT2D eigenvalue weighted by Crippen LogP contribution is 2.32. The molecule has 1 aliphatic heterocycles. The lowest BCUT2D eigenvalue weighted by atomic mass is 10.1. The van der Waals surface area contributed by atoms with E-state index in [9.17, 15) is 24.0 Å². The van der Waals surface area contributed by atoms with E-state index in [1.807, 2.05) is 13.8 Å². The van der Waals surface area contributed by atoms with Crippen LogP contribution >= 0.6 is 0 Å². The molecule has 42 heavy (non-hydrogen) atoms. The van der Waals surface area contributed by atoms with Crippen LogP contribution < -0.4 is 26.5 Å². The van der Waals surface area contributed by atoms with Gasteiger partial charge >= 0.3 is 23.5 Å². The van der Waals surface area contributed by atoms with Crippen LogP contribution in [0, 0.1) is 0 Å². The summed E-state index contributed by atoms with van der Waals surface area (Å²) in [5.74, 6) is 4.17. The van der Waals surface area contributed by atoms with Crippen molar-refractivity contribution in [2.75, 3.05) is 6.61 Å². The summed E-state index contributed by atoms with van der Waals surface area (Å²) in [7, 11) is 0. The first-order valence-electron chi connectivity index (χ1n) is 13.4. The molecule has 1 aliphatic rings. The quantitative estimate of drug-likeness (QED) is 0.124. The number of hydrogen-bond acceptors (Lipinski definition) is 8. The standard InChI is InChI=1S/C29H28N6O7/c1-3-14-32-26-24(27(39)33(15-4-2)29(32)41)34(25(31-26)19-10-12-20(13-11-19)42-17-23(37)38)35(30)22(36)16-21(28(35)40)18-8-6-5-7-9-18/h5-13,16H,3-4,14-15,17,30H2,1-2H3/p+1. The lowest BCUT2D eigenvalue weighted by molar-refractivity contribution is -0.144. The van der Waals surface area contributed by atoms with Crippen molar-refractivity contribution < 1.29 is 24.2 Å². The van der Waals surface area contributed by atoms with Gasteiger partial charge in [0.25, 0.3) is 5.56 Å². The summed E-state index contributed by atoms with van der Waals surface area (Å²) in [6, 6.07) is 14.6. The Bertz CT molecular complexity index is 1870. The average molecular weight is 574 g/mol. The van der Waals surface area contributed by atoms with Gasteiger partial charge in [-0.1, -0.05) is 44.2 Å². The molecular weight excluding hydrogens is 544 g/mol. The lowest BCUT2D eigenvalue weighted by Gasteiger charge is -2.25. The van der Waals surface area contributed by atoms with Crippen LogP contribution in [-0.4, -0.2) is 48.3 Å². The van der Waals surface area contributed by atoms with Gasteiger partial charge in [0, 0.05) is 18.7 Å². The number of rotatable bonds is 10. The zero-order chi connectivity index (χ0) is 30.2. The van der Waals surface area contributed by atoms with E-state index in [0.717, 1.165) is 15.3 Å². The van der Waals surface area contributed by atoms with Crippen molar-refractivity contribution in [3.8, 4) is 17.1 Å². The fraction of sp³-hybridized carbons (Fsp3) is 0.241. The first-order valence-corrected chi connectivity index (χ1v) is 13.4. The van der Waals surface area contributed by atoms with Crippen LogP contribution in [0.4, 0.5) is 0 Å². The molecule has 13 nitrogen and oxygen atoms in total. The summed E-state index contributed by atoms with van der Waals surface area (Å²) in [6.45, 7) is 3.45. The molecule has 0 radical (unpaired) electrons. The molecule has 3 N–H and O–H groups in total. The Morgan fingerprint density at radius 2 is 1.57 bits per heavy atom. The van der Waals surface area contributed by atoms with Crippen molar-refractivity contribution >= 4 is 34.5 Å². The molecule has 2 aromatic carbocycles. The number of nitrogens with two attached hydrogens (primary N) is 1. The number of imidazole rings is 1. The van der Waals surface area contributed by atoms with Gasteiger partial charge in [0.2, 0.25) is 5.52 Å². The van der Waals surface area contributed by atoms with Crippen LogP contribution in [0.3, 0.4) is 0 Å². The number of carboxylic acid groups (broad SMARTS) is 1. The van der Waals surface area contributed by atoms with Gasteiger partial charge in [0.15, 0.2) is 18.1 Å². The molecule has 2 aromatic heterocycles. The van der Waals surface area contributed by atoms with Crippen LogP contribution in [0.15, 0.2) is 70.3 Å². The molecule has 4 aromatic rings. The number of amides is 2. The van der Waals surface area contributed by atoms with E-state index in [1.165, 1.54) is 28.8 Å². The molecule has 216 valence electrons. The van der Waals surface area contributed by atoms with Crippen LogP contribution in [-0.2, 0) is 27.5 Å². The maximum atomic E-state index is 14.0. The van der Waals surface area contributed by atoms with Gasteiger partial charge in [-0.25, -0.2) is 24.2 Å². The number of aryl methyl sites for hydroxylation is 1. The highest BCUT2D eigenvalue weighted by molar-refractivity contribution is 6.37. The predicted octanol–water partition coefficient (Wildman–Crippen LogP) is 1.77. The number of quaternary nitrogens is 1. The van der Waals surface area contributed by atoms with E-state index in [4.69, 9.17) is 15.7 Å². The minimum atomic E-state index is -1.46. The van der Waals surface area contributed by atoms with Gasteiger partial charge in [-0.05, 0) is 47.4 Å². The van der Waals surface area contributed by atoms with Gasteiger partial charge in [-0.3, -0.25) is 13.9 Å². The lowest BCUT2D eigenvalue weighted by Crippen LogP contribution is -2.69. The highest BCUT2D eigenvalue weighted by Gasteiger charge is 2.54. The molecule has 0 bridgehead atoms. The molecule has 3 heterocycles. The second kappa shape index (κ2) is 11.0. The number of ether oxygens (including phenoxy) is 1.